The van der Waals surface area contributed by atoms with Crippen LogP contribution in [0.2, 0.25) is 0 Å². The fourth-order valence-corrected chi connectivity index (χ4v) is 2.15. The van der Waals surface area contributed by atoms with Crippen molar-refractivity contribution in [1.82, 2.24) is 0 Å². The summed E-state index contributed by atoms with van der Waals surface area (Å²) in [5.41, 5.74) is 1.80. The number of halogens is 1. The minimum absolute atomic E-state index is 0.145. The molecule has 0 spiro atoms. The smallest absolute Gasteiger partial charge is 0.127 e. The van der Waals surface area contributed by atoms with Crippen LogP contribution in [0.25, 0.3) is 0 Å². The molecule has 1 saturated heterocycles. The minimum atomic E-state index is -0.240. The third-order valence-electron chi connectivity index (χ3n) is 3.37. The van der Waals surface area contributed by atoms with E-state index in [0.717, 1.165) is 13.0 Å². The fraction of sp³-hybridized carbons (Fsp3) is 0.467. The van der Waals surface area contributed by atoms with Crippen LogP contribution in [0.3, 0.4) is 0 Å². The Labute approximate surface area is 118 Å². The first kappa shape index (κ1) is 14.7. The molecule has 108 valence electrons. The Balaban J connectivity index is 2.17. The number of hydrogen-bond acceptors (Lipinski definition) is 4. The van der Waals surface area contributed by atoms with Crippen LogP contribution < -0.4 is 5.84 Å². The van der Waals surface area contributed by atoms with Crippen LogP contribution in [-0.2, 0) is 4.74 Å². The number of nitrogens with two attached hydrogens (primary N) is 1. The number of benzene rings is 1. The lowest BCUT2D eigenvalue weighted by atomic mass is 9.99. The summed E-state index contributed by atoms with van der Waals surface area (Å²) in [5, 5.41) is 3.69. The third kappa shape index (κ3) is 3.42. The quantitative estimate of drug-likeness (QED) is 0.522. The highest BCUT2D eigenvalue weighted by Crippen LogP contribution is 2.19. The molecule has 0 unspecified atom stereocenters. The lowest BCUT2D eigenvalue weighted by Gasteiger charge is -2.09. The standard InChI is InChI=1S/C15H20FN3O/c1-10(2)13-4-3-11(7-14(13)16)15(19-17)8-18-12-5-6-20-9-12/h3-4,7-8,10,12H,5-6,9,17H2,1-2H3/b18-8?,19-15+/t12-/m0/s1. The van der Waals surface area contributed by atoms with Crippen LogP contribution in [0.1, 0.15) is 37.3 Å². The zero-order valence-corrected chi connectivity index (χ0v) is 11.8. The Morgan fingerprint density at radius 1 is 1.50 bits per heavy atom. The topological polar surface area (TPSA) is 60.0 Å². The summed E-state index contributed by atoms with van der Waals surface area (Å²) in [4.78, 5) is 4.37. The molecule has 0 aromatic heterocycles. The van der Waals surface area contributed by atoms with Gasteiger partial charge in [-0.3, -0.25) is 4.99 Å². The molecule has 4 nitrogen and oxygen atoms in total. The van der Waals surface area contributed by atoms with Gasteiger partial charge in [0.25, 0.3) is 0 Å². The van der Waals surface area contributed by atoms with Crippen molar-refractivity contribution >= 4 is 11.9 Å². The number of nitrogens with zero attached hydrogens (tertiary/aromatic N) is 2. The summed E-state index contributed by atoms with van der Waals surface area (Å²) < 4.78 is 19.2. The first-order chi connectivity index (χ1) is 9.61. The summed E-state index contributed by atoms with van der Waals surface area (Å²) in [5.74, 6) is 5.29. The van der Waals surface area contributed by atoms with E-state index in [-0.39, 0.29) is 17.8 Å². The van der Waals surface area contributed by atoms with Gasteiger partial charge in [0.05, 0.1) is 12.6 Å². The Bertz CT molecular complexity index is 520. The maximum absolute atomic E-state index is 14.0. The van der Waals surface area contributed by atoms with E-state index in [0.29, 0.717) is 23.4 Å². The minimum Gasteiger partial charge on any atom is -0.379 e. The molecule has 1 aromatic carbocycles. The van der Waals surface area contributed by atoms with E-state index in [1.54, 1.807) is 12.3 Å². The normalized spacial score (nSPS) is 20.2. The maximum atomic E-state index is 14.0. The molecule has 1 aromatic rings. The molecule has 1 aliphatic heterocycles. The number of hydrazone groups is 1. The van der Waals surface area contributed by atoms with Gasteiger partial charge in [0, 0.05) is 18.4 Å². The molecule has 1 heterocycles. The van der Waals surface area contributed by atoms with E-state index in [1.165, 1.54) is 6.07 Å². The molecule has 0 amide bonds. The molecule has 1 aliphatic rings. The van der Waals surface area contributed by atoms with Crippen LogP contribution in [0.15, 0.2) is 28.3 Å². The predicted molar refractivity (Wildman–Crippen MR) is 78.9 cm³/mol. The van der Waals surface area contributed by atoms with Gasteiger partial charge in [0.1, 0.15) is 11.5 Å². The number of rotatable bonds is 4. The van der Waals surface area contributed by atoms with Gasteiger partial charge < -0.3 is 10.6 Å². The maximum Gasteiger partial charge on any atom is 0.127 e. The summed E-state index contributed by atoms with van der Waals surface area (Å²) in [6, 6.07) is 5.19. The molecule has 20 heavy (non-hydrogen) atoms. The summed E-state index contributed by atoms with van der Waals surface area (Å²) in [6.45, 7) is 5.26. The zero-order chi connectivity index (χ0) is 14.5. The molecule has 5 heteroatoms. The van der Waals surface area contributed by atoms with Gasteiger partial charge >= 0.3 is 0 Å². The second-order valence-corrected chi connectivity index (χ2v) is 5.20. The highest BCUT2D eigenvalue weighted by molar-refractivity contribution is 6.38. The molecule has 0 aliphatic carbocycles. The summed E-state index contributed by atoms with van der Waals surface area (Å²) >= 11 is 0. The number of ether oxygens (including phenoxy) is 1. The molecule has 1 fully saturated rings. The number of aliphatic imine (C=N–C) groups is 1. The molecule has 0 radical (unpaired) electrons. The van der Waals surface area contributed by atoms with E-state index < -0.39 is 0 Å². The van der Waals surface area contributed by atoms with E-state index >= 15 is 0 Å². The largest absolute Gasteiger partial charge is 0.379 e. The van der Waals surface area contributed by atoms with Crippen molar-refractivity contribution in [2.24, 2.45) is 15.9 Å². The molecule has 1 atom stereocenters. The highest BCUT2D eigenvalue weighted by atomic mass is 19.1. The average molecular weight is 277 g/mol. The van der Waals surface area contributed by atoms with Crippen molar-refractivity contribution in [3.05, 3.63) is 35.1 Å². The van der Waals surface area contributed by atoms with Gasteiger partial charge in [-0.2, -0.15) is 5.10 Å². The van der Waals surface area contributed by atoms with Gasteiger partial charge in [-0.25, -0.2) is 4.39 Å². The molecule has 2 N–H and O–H groups in total. The first-order valence-electron chi connectivity index (χ1n) is 6.80. The monoisotopic (exact) mass is 277 g/mol. The lowest BCUT2D eigenvalue weighted by Crippen LogP contribution is -2.11. The Morgan fingerprint density at radius 3 is 2.85 bits per heavy atom. The Hall–Kier alpha value is -1.75. The van der Waals surface area contributed by atoms with Crippen LogP contribution in [0.5, 0.6) is 0 Å². The average Bonchev–Trinajstić information content (AvgIpc) is 2.92. The summed E-state index contributed by atoms with van der Waals surface area (Å²) in [7, 11) is 0. The SMILES string of the molecule is CC(C)c1ccc(/C(C=N[C@H]2CCOC2)=N/N)cc1F. The third-order valence-corrected chi connectivity index (χ3v) is 3.37. The van der Waals surface area contributed by atoms with Gasteiger partial charge in [0.15, 0.2) is 0 Å². The Morgan fingerprint density at radius 2 is 2.30 bits per heavy atom. The van der Waals surface area contributed by atoms with Gasteiger partial charge in [-0.15, -0.1) is 0 Å². The van der Waals surface area contributed by atoms with Crippen molar-refractivity contribution in [3.8, 4) is 0 Å². The number of hydrogen-bond donors (Lipinski definition) is 1. The van der Waals surface area contributed by atoms with Crippen LogP contribution in [0, 0.1) is 5.82 Å². The van der Waals surface area contributed by atoms with Gasteiger partial charge in [-0.05, 0) is 24.0 Å². The molecule has 2 rings (SSSR count). The van der Waals surface area contributed by atoms with Crippen LogP contribution in [-0.4, -0.2) is 31.2 Å². The highest BCUT2D eigenvalue weighted by Gasteiger charge is 2.14. The molecule has 0 bridgehead atoms. The van der Waals surface area contributed by atoms with Crippen molar-refractivity contribution < 1.29 is 9.13 Å². The second-order valence-electron chi connectivity index (χ2n) is 5.20. The van der Waals surface area contributed by atoms with E-state index in [4.69, 9.17) is 10.6 Å². The molecular weight excluding hydrogens is 257 g/mol. The fourth-order valence-electron chi connectivity index (χ4n) is 2.15. The predicted octanol–water partition coefficient (Wildman–Crippen LogP) is 2.47. The molecule has 0 saturated carbocycles. The second kappa shape index (κ2) is 6.61. The van der Waals surface area contributed by atoms with Gasteiger partial charge in [-0.1, -0.05) is 26.0 Å². The first-order valence-corrected chi connectivity index (χ1v) is 6.80. The van der Waals surface area contributed by atoms with Crippen LogP contribution in [0.4, 0.5) is 4.39 Å². The zero-order valence-electron chi connectivity index (χ0n) is 11.8. The lowest BCUT2D eigenvalue weighted by molar-refractivity contribution is 0.194. The summed E-state index contributed by atoms with van der Waals surface area (Å²) in [6.07, 6.45) is 2.50. The van der Waals surface area contributed by atoms with Gasteiger partial charge in [0.2, 0.25) is 0 Å². The van der Waals surface area contributed by atoms with Crippen molar-refractivity contribution in [1.29, 1.82) is 0 Å². The van der Waals surface area contributed by atoms with Crippen molar-refractivity contribution in [3.63, 3.8) is 0 Å². The van der Waals surface area contributed by atoms with E-state index in [2.05, 4.69) is 10.1 Å². The van der Waals surface area contributed by atoms with Crippen LogP contribution >= 0.6 is 0 Å². The molecular formula is C15H20FN3O. The Kier molecular flexibility index (Phi) is 4.84. The van der Waals surface area contributed by atoms with Crippen molar-refractivity contribution in [2.75, 3.05) is 13.2 Å². The van der Waals surface area contributed by atoms with Crippen molar-refractivity contribution in [2.45, 2.75) is 32.2 Å². The van der Waals surface area contributed by atoms with E-state index in [9.17, 15) is 4.39 Å². The van der Waals surface area contributed by atoms with E-state index in [1.807, 2.05) is 19.9 Å².